The summed E-state index contributed by atoms with van der Waals surface area (Å²) in [4.78, 5) is 25.2. The van der Waals surface area contributed by atoms with E-state index in [1.807, 2.05) is 0 Å². The van der Waals surface area contributed by atoms with Gasteiger partial charge in [-0.2, -0.15) is 0 Å². The zero-order chi connectivity index (χ0) is 14.9. The Balaban J connectivity index is 2.09. The highest BCUT2D eigenvalue weighted by Crippen LogP contribution is 2.46. The number of hydrogen-bond acceptors (Lipinski definition) is 5. The summed E-state index contributed by atoms with van der Waals surface area (Å²) in [5.74, 6) is -1.29. The van der Waals surface area contributed by atoms with Gasteiger partial charge < -0.3 is 20.4 Å². The van der Waals surface area contributed by atoms with Gasteiger partial charge in [0.25, 0.3) is 0 Å². The zero-order valence-electron chi connectivity index (χ0n) is 11.0. The molecular weight excluding hydrogens is 282 g/mol. The van der Waals surface area contributed by atoms with Gasteiger partial charge in [-0.3, -0.25) is 10.2 Å². The van der Waals surface area contributed by atoms with Gasteiger partial charge in [0.15, 0.2) is 0 Å². The molecule has 2 aliphatic heterocycles. The molecule has 0 aliphatic carbocycles. The van der Waals surface area contributed by atoms with E-state index in [0.717, 1.165) is 6.34 Å². The van der Waals surface area contributed by atoms with Crippen molar-refractivity contribution in [1.82, 2.24) is 10.2 Å². The quantitative estimate of drug-likeness (QED) is 0.224. The molecule has 1 amide bonds. The first-order valence-corrected chi connectivity index (χ1v) is 7.30. The molecule has 7 nitrogen and oxygen atoms in total. The highest BCUT2D eigenvalue weighted by Gasteiger charge is 2.56. The van der Waals surface area contributed by atoms with Gasteiger partial charge in [0.2, 0.25) is 5.91 Å². The molecular formula is C12H17N3O4S. The van der Waals surface area contributed by atoms with E-state index >= 15 is 0 Å². The second-order valence-electron chi connectivity index (χ2n) is 4.77. The molecule has 0 aromatic rings. The van der Waals surface area contributed by atoms with E-state index in [1.165, 1.54) is 16.7 Å². The van der Waals surface area contributed by atoms with Crippen LogP contribution in [-0.2, 0) is 9.59 Å². The lowest BCUT2D eigenvalue weighted by molar-refractivity contribution is -0.161. The summed E-state index contributed by atoms with van der Waals surface area (Å²) in [6.45, 7) is 2.11. The van der Waals surface area contributed by atoms with Crippen molar-refractivity contribution in [3.05, 3.63) is 10.6 Å². The summed E-state index contributed by atoms with van der Waals surface area (Å²) in [5.41, 5.74) is 0.0525. The Morgan fingerprint density at radius 2 is 2.40 bits per heavy atom. The molecule has 0 aromatic carbocycles. The molecule has 0 saturated carbocycles. The molecule has 2 heterocycles. The van der Waals surface area contributed by atoms with Crippen molar-refractivity contribution in [2.45, 2.75) is 25.5 Å². The number of carbonyl (C=O) groups is 2. The number of aliphatic hydroxyl groups is 1. The fraction of sp³-hybridized carbons (Fsp3) is 0.583. The normalized spacial score (nSPS) is 26.1. The molecule has 3 atom stereocenters. The molecule has 0 unspecified atom stereocenters. The van der Waals surface area contributed by atoms with Crippen molar-refractivity contribution >= 4 is 30.0 Å². The lowest BCUT2D eigenvalue weighted by atomic mass is 9.83. The Morgan fingerprint density at radius 1 is 1.70 bits per heavy atom. The number of nitrogens with one attached hydrogen (secondary N) is 2. The number of thioether (sulfide) groups is 1. The van der Waals surface area contributed by atoms with Gasteiger partial charge in [0, 0.05) is 23.6 Å². The molecule has 0 bridgehead atoms. The largest absolute Gasteiger partial charge is 0.477 e. The van der Waals surface area contributed by atoms with Crippen LogP contribution in [0.25, 0.3) is 0 Å². The van der Waals surface area contributed by atoms with Gasteiger partial charge in [-0.1, -0.05) is 0 Å². The van der Waals surface area contributed by atoms with Crippen molar-refractivity contribution in [2.75, 3.05) is 12.3 Å². The summed E-state index contributed by atoms with van der Waals surface area (Å²) in [6, 6.07) is -0.230. The molecule has 2 aliphatic rings. The number of aliphatic carboxylic acids is 1. The van der Waals surface area contributed by atoms with Crippen molar-refractivity contribution < 1.29 is 19.8 Å². The van der Waals surface area contributed by atoms with Gasteiger partial charge in [0.1, 0.15) is 5.70 Å². The van der Waals surface area contributed by atoms with Crippen LogP contribution >= 0.6 is 11.8 Å². The third-order valence-electron chi connectivity index (χ3n) is 3.52. The number of aliphatic hydroxyl groups excluding tert-OH is 1. The Labute approximate surface area is 120 Å². The van der Waals surface area contributed by atoms with Crippen molar-refractivity contribution in [2.24, 2.45) is 5.92 Å². The molecule has 1 saturated heterocycles. The van der Waals surface area contributed by atoms with E-state index in [-0.39, 0.29) is 17.6 Å². The van der Waals surface area contributed by atoms with Crippen LogP contribution in [-0.4, -0.2) is 57.8 Å². The predicted octanol–water partition coefficient (Wildman–Crippen LogP) is -0.176. The first kappa shape index (κ1) is 14.9. The molecule has 1 fully saturated rings. The molecule has 0 spiro atoms. The van der Waals surface area contributed by atoms with Gasteiger partial charge in [-0.05, 0) is 6.92 Å². The summed E-state index contributed by atoms with van der Waals surface area (Å²) >= 11 is 1.38. The number of amides is 1. The number of nitrogens with zero attached hydrogens (tertiary/aromatic N) is 1. The average molecular weight is 299 g/mol. The Kier molecular flexibility index (Phi) is 4.34. The van der Waals surface area contributed by atoms with E-state index in [4.69, 9.17) is 5.41 Å². The number of carboxylic acids is 1. The predicted molar refractivity (Wildman–Crippen MR) is 74.3 cm³/mol. The number of fused-ring (bicyclic) bond motifs is 1. The standard InChI is InChI=1S/C12H17N3O4S/c1-6(16)9-7-4-8(20-3-2-14-5-13)10(12(18)19)15(7)11(9)17/h5-7,9,16H,2-4H2,1H3,(H2,13,14)(H,18,19)/t6-,7-,9+/m1/s1. The number of rotatable bonds is 7. The van der Waals surface area contributed by atoms with Gasteiger partial charge in [-0.15, -0.1) is 11.8 Å². The number of β-lactam (4-membered cyclic amide) rings is 1. The van der Waals surface area contributed by atoms with Crippen molar-refractivity contribution in [3.8, 4) is 0 Å². The van der Waals surface area contributed by atoms with E-state index in [0.29, 0.717) is 23.6 Å². The minimum atomic E-state index is -1.10. The van der Waals surface area contributed by atoms with Gasteiger partial charge in [0.05, 0.1) is 24.4 Å². The summed E-state index contributed by atoms with van der Waals surface area (Å²) < 4.78 is 0. The minimum absolute atomic E-state index is 0.0525. The highest BCUT2D eigenvalue weighted by atomic mass is 32.2. The first-order valence-electron chi connectivity index (χ1n) is 6.31. The minimum Gasteiger partial charge on any atom is -0.477 e. The molecule has 2 rings (SSSR count). The summed E-state index contributed by atoms with van der Waals surface area (Å²) in [6.07, 6.45) is 0.808. The van der Waals surface area contributed by atoms with Crippen LogP contribution in [0.3, 0.4) is 0 Å². The van der Waals surface area contributed by atoms with E-state index < -0.39 is 18.0 Å². The van der Waals surface area contributed by atoms with Crippen LogP contribution in [0.5, 0.6) is 0 Å². The first-order chi connectivity index (χ1) is 9.49. The number of hydrogen-bond donors (Lipinski definition) is 4. The Hall–Kier alpha value is -1.54. The smallest absolute Gasteiger partial charge is 0.353 e. The van der Waals surface area contributed by atoms with Crippen LogP contribution in [0.2, 0.25) is 0 Å². The lowest BCUT2D eigenvalue weighted by Crippen LogP contribution is -2.61. The average Bonchev–Trinajstić information content (AvgIpc) is 2.69. The van der Waals surface area contributed by atoms with Crippen molar-refractivity contribution in [1.29, 1.82) is 5.41 Å². The second-order valence-corrected chi connectivity index (χ2v) is 5.96. The molecule has 0 radical (unpaired) electrons. The van der Waals surface area contributed by atoms with Crippen LogP contribution in [0.15, 0.2) is 10.6 Å². The lowest BCUT2D eigenvalue weighted by Gasteiger charge is -2.44. The summed E-state index contributed by atoms with van der Waals surface area (Å²) in [5, 5.41) is 28.4. The van der Waals surface area contributed by atoms with E-state index in [1.54, 1.807) is 6.92 Å². The monoisotopic (exact) mass is 299 g/mol. The Bertz CT molecular complexity index is 477. The molecule has 0 aromatic heterocycles. The molecule has 20 heavy (non-hydrogen) atoms. The number of carbonyl (C=O) groups excluding carboxylic acids is 1. The van der Waals surface area contributed by atoms with Gasteiger partial charge >= 0.3 is 5.97 Å². The Morgan fingerprint density at radius 3 is 2.95 bits per heavy atom. The maximum absolute atomic E-state index is 11.9. The maximum Gasteiger partial charge on any atom is 0.353 e. The van der Waals surface area contributed by atoms with E-state index in [2.05, 4.69) is 5.32 Å². The fourth-order valence-corrected chi connectivity index (χ4v) is 3.74. The number of carboxylic acid groups (broad SMARTS) is 1. The molecule has 110 valence electrons. The second kappa shape index (κ2) is 5.84. The van der Waals surface area contributed by atoms with Crippen LogP contribution < -0.4 is 5.32 Å². The van der Waals surface area contributed by atoms with E-state index in [9.17, 15) is 19.8 Å². The van der Waals surface area contributed by atoms with Crippen LogP contribution in [0.1, 0.15) is 13.3 Å². The zero-order valence-corrected chi connectivity index (χ0v) is 11.8. The highest BCUT2D eigenvalue weighted by molar-refractivity contribution is 8.03. The SMILES string of the molecule is C[C@@H](O)[C@@H]1C(=O)N2C(C(=O)O)=C(SCCNC=N)C[C@H]12. The molecule has 8 heteroatoms. The molecule has 4 N–H and O–H groups in total. The summed E-state index contributed by atoms with van der Waals surface area (Å²) in [7, 11) is 0. The third kappa shape index (κ3) is 2.40. The maximum atomic E-state index is 11.9. The van der Waals surface area contributed by atoms with Crippen LogP contribution in [0.4, 0.5) is 0 Å². The fourth-order valence-electron chi connectivity index (χ4n) is 2.67. The third-order valence-corrected chi connectivity index (χ3v) is 4.63. The topological polar surface area (TPSA) is 114 Å². The van der Waals surface area contributed by atoms with Crippen molar-refractivity contribution in [3.63, 3.8) is 0 Å². The van der Waals surface area contributed by atoms with Crippen LogP contribution in [0, 0.1) is 11.3 Å². The van der Waals surface area contributed by atoms with Gasteiger partial charge in [-0.25, -0.2) is 4.79 Å².